The van der Waals surface area contributed by atoms with Gasteiger partial charge in [0, 0.05) is 5.69 Å². The third-order valence-corrected chi connectivity index (χ3v) is 5.94. The lowest BCUT2D eigenvalue weighted by molar-refractivity contribution is -0.137. The monoisotopic (exact) mass is 475 g/mol. The highest BCUT2D eigenvalue weighted by atomic mass is 35.5. The van der Waals surface area contributed by atoms with E-state index in [1.54, 1.807) is 12.1 Å². The van der Waals surface area contributed by atoms with Crippen molar-refractivity contribution >= 4 is 38.9 Å². The summed E-state index contributed by atoms with van der Waals surface area (Å²) in [5, 5.41) is -0.613. The minimum absolute atomic E-state index is 0.108. The summed E-state index contributed by atoms with van der Waals surface area (Å²) in [7, 11) is -3.77. The van der Waals surface area contributed by atoms with E-state index in [0.717, 1.165) is 5.56 Å². The third kappa shape index (κ3) is 5.19. The number of alkyl halides is 3. The van der Waals surface area contributed by atoms with E-state index in [2.05, 4.69) is 4.72 Å². The normalized spacial score (nSPS) is 11.9. The van der Waals surface area contributed by atoms with Gasteiger partial charge in [-0.1, -0.05) is 40.9 Å². The zero-order valence-electron chi connectivity index (χ0n) is 15.3. The molecule has 0 unspecified atom stereocenters. The molecule has 0 aliphatic rings. The lowest BCUT2D eigenvalue weighted by Crippen LogP contribution is -2.12. The average molecular weight is 476 g/mol. The number of benzene rings is 3. The van der Waals surface area contributed by atoms with Gasteiger partial charge in [0.05, 0.1) is 20.5 Å². The maximum Gasteiger partial charge on any atom is 0.416 e. The van der Waals surface area contributed by atoms with Gasteiger partial charge >= 0.3 is 6.18 Å². The summed E-state index contributed by atoms with van der Waals surface area (Å²) in [6.07, 6.45) is -4.60. The fourth-order valence-electron chi connectivity index (χ4n) is 2.46. The van der Waals surface area contributed by atoms with Crippen molar-refractivity contribution in [2.24, 2.45) is 0 Å². The van der Waals surface area contributed by atoms with E-state index >= 15 is 0 Å². The summed E-state index contributed by atoms with van der Waals surface area (Å²) < 4.78 is 71.2. The Labute approximate surface area is 181 Å². The molecule has 4 nitrogen and oxygen atoms in total. The molecule has 3 aromatic carbocycles. The fraction of sp³-hybridized carbons (Fsp3) is 0.100. The van der Waals surface area contributed by atoms with E-state index in [-0.39, 0.29) is 32.1 Å². The Hall–Kier alpha value is -2.42. The number of nitrogens with one attached hydrogen (secondary N) is 1. The van der Waals surface area contributed by atoms with Crippen LogP contribution in [0.3, 0.4) is 0 Å². The second kappa shape index (κ2) is 8.37. The first kappa shape index (κ1) is 22.3. The highest BCUT2D eigenvalue weighted by Gasteiger charge is 2.32. The van der Waals surface area contributed by atoms with E-state index in [4.69, 9.17) is 27.9 Å². The van der Waals surface area contributed by atoms with Gasteiger partial charge in [-0.3, -0.25) is 4.72 Å². The van der Waals surface area contributed by atoms with Gasteiger partial charge in [0.15, 0.2) is 5.75 Å². The van der Waals surface area contributed by atoms with Crippen LogP contribution >= 0.6 is 23.2 Å². The van der Waals surface area contributed by atoms with Crippen LogP contribution in [0.25, 0.3) is 0 Å². The molecule has 0 saturated carbocycles. The van der Waals surface area contributed by atoms with Gasteiger partial charge in [-0.15, -0.1) is 0 Å². The van der Waals surface area contributed by atoms with Crippen molar-refractivity contribution in [1.29, 1.82) is 0 Å². The topological polar surface area (TPSA) is 55.4 Å². The molecule has 0 bridgehead atoms. The molecule has 3 rings (SSSR count). The van der Waals surface area contributed by atoms with Gasteiger partial charge in [-0.25, -0.2) is 8.42 Å². The summed E-state index contributed by atoms with van der Waals surface area (Å²) in [6.45, 7) is 1.84. The zero-order chi connectivity index (χ0) is 22.1. The Kier molecular flexibility index (Phi) is 6.21. The molecule has 0 saturated heterocycles. The zero-order valence-corrected chi connectivity index (χ0v) is 17.6. The van der Waals surface area contributed by atoms with E-state index in [9.17, 15) is 21.6 Å². The second-order valence-corrected chi connectivity index (χ2v) is 8.81. The van der Waals surface area contributed by atoms with Crippen LogP contribution in [-0.4, -0.2) is 8.42 Å². The van der Waals surface area contributed by atoms with Gasteiger partial charge in [0.1, 0.15) is 5.75 Å². The number of sulfonamides is 1. The maximum atomic E-state index is 12.8. The number of anilines is 1. The molecule has 0 amide bonds. The van der Waals surface area contributed by atoms with Crippen LogP contribution < -0.4 is 9.46 Å². The lowest BCUT2D eigenvalue weighted by Gasteiger charge is -2.14. The molecule has 0 aliphatic heterocycles. The summed E-state index contributed by atoms with van der Waals surface area (Å²) in [4.78, 5) is 0.108. The first-order valence-electron chi connectivity index (χ1n) is 8.39. The predicted octanol–water partition coefficient (Wildman–Crippen LogP) is 6.91. The molecule has 3 aromatic rings. The minimum Gasteiger partial charge on any atom is -0.454 e. The summed E-state index contributed by atoms with van der Waals surface area (Å²) in [5.74, 6) is 0.0659. The molecule has 0 radical (unpaired) electrons. The van der Waals surface area contributed by atoms with Gasteiger partial charge in [-0.05, 0) is 55.5 Å². The number of ether oxygens (including phenoxy) is 1. The van der Waals surface area contributed by atoms with Crippen molar-refractivity contribution in [1.82, 2.24) is 0 Å². The molecule has 158 valence electrons. The van der Waals surface area contributed by atoms with Gasteiger partial charge in [0.2, 0.25) is 0 Å². The largest absolute Gasteiger partial charge is 0.454 e. The van der Waals surface area contributed by atoms with Crippen LogP contribution in [0.15, 0.2) is 65.6 Å². The smallest absolute Gasteiger partial charge is 0.416 e. The number of halogens is 5. The first-order valence-corrected chi connectivity index (χ1v) is 10.6. The van der Waals surface area contributed by atoms with Gasteiger partial charge in [-0.2, -0.15) is 13.2 Å². The molecular weight excluding hydrogens is 462 g/mol. The van der Waals surface area contributed by atoms with Crippen molar-refractivity contribution in [3.63, 3.8) is 0 Å². The number of hydrogen-bond acceptors (Lipinski definition) is 3. The fourth-order valence-corrected chi connectivity index (χ4v) is 4.08. The predicted molar refractivity (Wildman–Crippen MR) is 110 cm³/mol. The third-order valence-electron chi connectivity index (χ3n) is 3.98. The van der Waals surface area contributed by atoms with E-state index in [1.807, 2.05) is 6.92 Å². The van der Waals surface area contributed by atoms with E-state index < -0.39 is 21.8 Å². The maximum absolute atomic E-state index is 12.8. The van der Waals surface area contributed by atoms with E-state index in [1.165, 1.54) is 36.4 Å². The van der Waals surface area contributed by atoms with Crippen LogP contribution in [-0.2, 0) is 16.2 Å². The molecule has 0 aromatic heterocycles. The Bertz CT molecular complexity index is 1140. The van der Waals surface area contributed by atoms with Crippen LogP contribution in [0.4, 0.5) is 18.9 Å². The molecule has 0 fully saturated rings. The molecule has 30 heavy (non-hydrogen) atoms. The SMILES string of the molecule is Cc1ccc(S(=O)(=O)Nc2ccc(Oc3c(Cl)cc(C(F)(F)F)cc3Cl)cc2)cc1. The van der Waals surface area contributed by atoms with Crippen molar-refractivity contribution < 1.29 is 26.3 Å². The second-order valence-electron chi connectivity index (χ2n) is 6.31. The Morgan fingerprint density at radius 2 is 1.43 bits per heavy atom. The molecule has 1 N–H and O–H groups in total. The Morgan fingerprint density at radius 1 is 0.900 bits per heavy atom. The number of rotatable bonds is 5. The van der Waals surface area contributed by atoms with E-state index in [0.29, 0.717) is 12.1 Å². The van der Waals surface area contributed by atoms with Gasteiger partial charge < -0.3 is 4.74 Å². The molecule has 0 atom stereocenters. The quantitative estimate of drug-likeness (QED) is 0.435. The van der Waals surface area contributed by atoms with Crippen molar-refractivity contribution in [3.05, 3.63) is 81.8 Å². The molecule has 10 heteroatoms. The van der Waals surface area contributed by atoms with Crippen LogP contribution in [0, 0.1) is 6.92 Å². The Morgan fingerprint density at radius 3 is 1.93 bits per heavy atom. The summed E-state index contributed by atoms with van der Waals surface area (Å²) in [6, 6.07) is 13.5. The van der Waals surface area contributed by atoms with Gasteiger partial charge in [0.25, 0.3) is 10.0 Å². The van der Waals surface area contributed by atoms with Crippen LogP contribution in [0.1, 0.15) is 11.1 Å². The average Bonchev–Trinajstić information content (AvgIpc) is 2.65. The summed E-state index contributed by atoms with van der Waals surface area (Å²) >= 11 is 11.8. The standard InChI is InChI=1S/C20H14Cl2F3NO3S/c1-12-2-8-16(9-3-12)30(27,28)26-14-4-6-15(7-5-14)29-19-17(21)10-13(11-18(19)22)20(23,24)25/h2-11,26H,1H3. The molecule has 0 aliphatic carbocycles. The minimum atomic E-state index is -4.60. The molecule has 0 spiro atoms. The lowest BCUT2D eigenvalue weighted by atomic mass is 10.2. The number of hydrogen-bond donors (Lipinski definition) is 1. The van der Waals surface area contributed by atoms with Crippen LogP contribution in [0.5, 0.6) is 11.5 Å². The highest BCUT2D eigenvalue weighted by molar-refractivity contribution is 7.92. The molecule has 0 heterocycles. The Balaban J connectivity index is 1.77. The molecular formula is C20H14Cl2F3NO3S. The highest BCUT2D eigenvalue weighted by Crippen LogP contribution is 2.41. The van der Waals surface area contributed by atoms with Crippen molar-refractivity contribution in [2.75, 3.05) is 4.72 Å². The van der Waals surface area contributed by atoms with Crippen LogP contribution in [0.2, 0.25) is 10.0 Å². The van der Waals surface area contributed by atoms with Crippen molar-refractivity contribution in [2.45, 2.75) is 18.0 Å². The first-order chi connectivity index (χ1) is 14.0. The summed E-state index contributed by atoms with van der Waals surface area (Å²) in [5.41, 5.74) is 0.203. The number of aryl methyl sites for hydroxylation is 1. The van der Waals surface area contributed by atoms with Crippen molar-refractivity contribution in [3.8, 4) is 11.5 Å².